The molecule has 2 rings (SSSR count). The highest BCUT2D eigenvalue weighted by Crippen LogP contribution is 2.20. The molecule has 19 heavy (non-hydrogen) atoms. The van der Waals surface area contributed by atoms with Crippen molar-refractivity contribution in [2.45, 2.75) is 25.7 Å². The molecular formula is C14H22N4O. The first-order valence-corrected chi connectivity index (χ1v) is 6.97. The van der Waals surface area contributed by atoms with Crippen molar-refractivity contribution in [3.63, 3.8) is 0 Å². The molecule has 0 atom stereocenters. The van der Waals surface area contributed by atoms with E-state index in [0.29, 0.717) is 12.0 Å². The van der Waals surface area contributed by atoms with E-state index in [-0.39, 0.29) is 0 Å². The summed E-state index contributed by atoms with van der Waals surface area (Å²) in [6.45, 7) is 3.38. The second kappa shape index (κ2) is 7.19. The molecule has 2 heterocycles. The Morgan fingerprint density at radius 1 is 1.37 bits per heavy atom. The van der Waals surface area contributed by atoms with Gasteiger partial charge in [-0.1, -0.05) is 0 Å². The molecule has 5 nitrogen and oxygen atoms in total. The monoisotopic (exact) mass is 262 g/mol. The number of carbonyl (C=O) groups excluding carboxylic acids is 1. The summed E-state index contributed by atoms with van der Waals surface area (Å²) in [5, 5.41) is 3.24. The minimum Gasteiger partial charge on any atom is -0.369 e. The van der Waals surface area contributed by atoms with E-state index in [9.17, 15) is 4.79 Å². The molecule has 0 bridgehead atoms. The van der Waals surface area contributed by atoms with Crippen LogP contribution in [0.4, 0.5) is 5.82 Å². The van der Waals surface area contributed by atoms with Crippen LogP contribution in [0.1, 0.15) is 36.2 Å². The summed E-state index contributed by atoms with van der Waals surface area (Å²) in [5.74, 6) is 1.62. The molecule has 1 fully saturated rings. The van der Waals surface area contributed by atoms with Gasteiger partial charge in [0.2, 0.25) is 0 Å². The standard InChI is InChI=1S/C14H22N4O/c1-18-7-4-12(5-8-18)3-2-6-15-14-10-16-13(11-19)9-17-14/h9-12H,2-8H2,1H3,(H,15,17). The Bertz CT molecular complexity index is 385. The Hall–Kier alpha value is -1.49. The predicted molar refractivity (Wildman–Crippen MR) is 75.4 cm³/mol. The molecule has 1 aliphatic rings. The average Bonchev–Trinajstić information content (AvgIpc) is 2.46. The van der Waals surface area contributed by atoms with Crippen molar-refractivity contribution < 1.29 is 4.79 Å². The number of carbonyl (C=O) groups is 1. The van der Waals surface area contributed by atoms with Gasteiger partial charge in [0.05, 0.1) is 12.4 Å². The zero-order chi connectivity index (χ0) is 13.5. The van der Waals surface area contributed by atoms with Crippen LogP contribution in [-0.2, 0) is 0 Å². The van der Waals surface area contributed by atoms with Crippen LogP contribution in [0.2, 0.25) is 0 Å². The van der Waals surface area contributed by atoms with Crippen molar-refractivity contribution in [2.24, 2.45) is 5.92 Å². The molecule has 1 aromatic heterocycles. The Labute approximate surface area is 114 Å². The Kier molecular flexibility index (Phi) is 5.27. The molecule has 5 heteroatoms. The fourth-order valence-electron chi connectivity index (χ4n) is 2.45. The van der Waals surface area contributed by atoms with Crippen molar-refractivity contribution in [1.82, 2.24) is 14.9 Å². The number of rotatable bonds is 6. The van der Waals surface area contributed by atoms with Gasteiger partial charge in [0.15, 0.2) is 6.29 Å². The number of hydrogen-bond acceptors (Lipinski definition) is 5. The Morgan fingerprint density at radius 3 is 2.79 bits per heavy atom. The summed E-state index contributed by atoms with van der Waals surface area (Å²) < 4.78 is 0. The van der Waals surface area contributed by atoms with Crippen molar-refractivity contribution in [2.75, 3.05) is 32.0 Å². The Morgan fingerprint density at radius 2 is 2.16 bits per heavy atom. The highest BCUT2D eigenvalue weighted by atomic mass is 16.1. The van der Waals surface area contributed by atoms with Gasteiger partial charge in [-0.25, -0.2) is 9.97 Å². The van der Waals surface area contributed by atoms with Crippen LogP contribution in [0, 0.1) is 5.92 Å². The second-order valence-corrected chi connectivity index (χ2v) is 5.26. The molecule has 0 spiro atoms. The predicted octanol–water partition coefficient (Wildman–Crippen LogP) is 1.82. The van der Waals surface area contributed by atoms with E-state index in [1.54, 1.807) is 6.20 Å². The van der Waals surface area contributed by atoms with E-state index >= 15 is 0 Å². The molecule has 0 aromatic carbocycles. The van der Waals surface area contributed by atoms with E-state index in [0.717, 1.165) is 24.7 Å². The quantitative estimate of drug-likeness (QED) is 0.626. The number of nitrogens with one attached hydrogen (secondary N) is 1. The summed E-state index contributed by atoms with van der Waals surface area (Å²) in [4.78, 5) is 21.0. The summed E-state index contributed by atoms with van der Waals surface area (Å²) in [6, 6.07) is 0. The van der Waals surface area contributed by atoms with Crippen molar-refractivity contribution in [1.29, 1.82) is 0 Å². The molecule has 1 aromatic rings. The lowest BCUT2D eigenvalue weighted by molar-refractivity contribution is 0.111. The van der Waals surface area contributed by atoms with Crippen LogP contribution < -0.4 is 5.32 Å². The molecule has 0 saturated carbocycles. The largest absolute Gasteiger partial charge is 0.369 e. The zero-order valence-corrected chi connectivity index (χ0v) is 11.5. The van der Waals surface area contributed by atoms with Gasteiger partial charge in [-0.15, -0.1) is 0 Å². The maximum Gasteiger partial charge on any atom is 0.170 e. The zero-order valence-electron chi connectivity index (χ0n) is 11.5. The number of hydrogen-bond donors (Lipinski definition) is 1. The topological polar surface area (TPSA) is 58.1 Å². The van der Waals surface area contributed by atoms with Gasteiger partial charge in [-0.2, -0.15) is 0 Å². The first-order valence-electron chi connectivity index (χ1n) is 6.97. The van der Waals surface area contributed by atoms with Crippen LogP contribution >= 0.6 is 0 Å². The van der Waals surface area contributed by atoms with Crippen molar-refractivity contribution in [3.05, 3.63) is 18.1 Å². The molecule has 104 valence electrons. The van der Waals surface area contributed by atoms with E-state index in [1.165, 1.54) is 38.5 Å². The van der Waals surface area contributed by atoms with Crippen molar-refractivity contribution >= 4 is 12.1 Å². The van der Waals surface area contributed by atoms with Gasteiger partial charge in [-0.05, 0) is 51.7 Å². The third-order valence-corrected chi connectivity index (χ3v) is 3.73. The molecule has 1 aliphatic heterocycles. The highest BCUT2D eigenvalue weighted by molar-refractivity contribution is 5.71. The molecule has 0 amide bonds. The maximum atomic E-state index is 10.4. The summed E-state index contributed by atoms with van der Waals surface area (Å²) in [7, 11) is 2.19. The van der Waals surface area contributed by atoms with E-state index in [2.05, 4.69) is 27.2 Å². The van der Waals surface area contributed by atoms with Crippen LogP contribution in [-0.4, -0.2) is 47.8 Å². The third-order valence-electron chi connectivity index (χ3n) is 3.73. The van der Waals surface area contributed by atoms with Gasteiger partial charge in [0, 0.05) is 6.54 Å². The molecular weight excluding hydrogens is 240 g/mol. The minimum absolute atomic E-state index is 0.372. The SMILES string of the molecule is CN1CCC(CCCNc2cnc(C=O)cn2)CC1. The van der Waals surface area contributed by atoms with Gasteiger partial charge in [0.25, 0.3) is 0 Å². The smallest absolute Gasteiger partial charge is 0.170 e. The van der Waals surface area contributed by atoms with Crippen molar-refractivity contribution in [3.8, 4) is 0 Å². The summed E-state index contributed by atoms with van der Waals surface area (Å²) in [5.41, 5.74) is 0.372. The molecule has 1 N–H and O–H groups in total. The minimum atomic E-state index is 0.372. The lowest BCUT2D eigenvalue weighted by Gasteiger charge is -2.28. The maximum absolute atomic E-state index is 10.4. The summed E-state index contributed by atoms with van der Waals surface area (Å²) in [6.07, 6.45) is 8.89. The van der Waals surface area contributed by atoms with Crippen LogP contribution in [0.3, 0.4) is 0 Å². The molecule has 0 unspecified atom stereocenters. The fraction of sp³-hybridized carbons (Fsp3) is 0.643. The first kappa shape index (κ1) is 13.9. The van der Waals surface area contributed by atoms with Gasteiger partial charge >= 0.3 is 0 Å². The van der Waals surface area contributed by atoms with Crippen LogP contribution in [0.25, 0.3) is 0 Å². The highest BCUT2D eigenvalue weighted by Gasteiger charge is 2.15. The lowest BCUT2D eigenvalue weighted by atomic mass is 9.92. The first-order chi connectivity index (χ1) is 9.28. The Balaban J connectivity index is 1.62. The average molecular weight is 262 g/mol. The molecule has 0 aliphatic carbocycles. The van der Waals surface area contributed by atoms with Gasteiger partial charge in [-0.3, -0.25) is 4.79 Å². The molecule has 1 saturated heterocycles. The number of piperidine rings is 1. The van der Waals surface area contributed by atoms with E-state index < -0.39 is 0 Å². The number of aldehydes is 1. The van der Waals surface area contributed by atoms with E-state index in [1.807, 2.05) is 0 Å². The summed E-state index contributed by atoms with van der Waals surface area (Å²) >= 11 is 0. The molecule has 0 radical (unpaired) electrons. The third kappa shape index (κ3) is 4.59. The second-order valence-electron chi connectivity index (χ2n) is 5.26. The lowest BCUT2D eigenvalue weighted by Crippen LogP contribution is -2.30. The number of aromatic nitrogens is 2. The van der Waals surface area contributed by atoms with E-state index in [4.69, 9.17) is 0 Å². The van der Waals surface area contributed by atoms with Gasteiger partial charge < -0.3 is 10.2 Å². The number of likely N-dealkylation sites (tertiary alicyclic amines) is 1. The fourth-order valence-corrected chi connectivity index (χ4v) is 2.45. The normalized spacial score (nSPS) is 17.3. The van der Waals surface area contributed by atoms with Crippen LogP contribution in [0.15, 0.2) is 12.4 Å². The number of anilines is 1. The van der Waals surface area contributed by atoms with Gasteiger partial charge in [0.1, 0.15) is 11.5 Å². The van der Waals surface area contributed by atoms with Crippen LogP contribution in [0.5, 0.6) is 0 Å². The number of nitrogens with zero attached hydrogens (tertiary/aromatic N) is 3.